The maximum atomic E-state index is 12.0. The molecule has 0 amide bonds. The second-order valence-corrected chi connectivity index (χ2v) is 6.32. The van der Waals surface area contributed by atoms with Gasteiger partial charge in [-0.15, -0.1) is 0 Å². The van der Waals surface area contributed by atoms with Crippen LogP contribution in [0, 0.1) is 11.3 Å². The third-order valence-corrected chi connectivity index (χ3v) is 4.81. The van der Waals surface area contributed by atoms with Crippen LogP contribution >= 0.6 is 0 Å². The third kappa shape index (κ3) is 2.97. The molecule has 1 aromatic carbocycles. The van der Waals surface area contributed by atoms with Crippen LogP contribution in [-0.2, 0) is 20.9 Å². The molecule has 0 bridgehead atoms. The highest BCUT2D eigenvalue weighted by Gasteiger charge is 2.62. The molecule has 0 saturated heterocycles. The second-order valence-electron chi connectivity index (χ2n) is 6.32. The van der Waals surface area contributed by atoms with E-state index in [1.54, 1.807) is 6.92 Å². The molecule has 1 fully saturated rings. The van der Waals surface area contributed by atoms with Gasteiger partial charge < -0.3 is 15.2 Å². The van der Waals surface area contributed by atoms with E-state index in [1.807, 2.05) is 44.2 Å². The van der Waals surface area contributed by atoms with Gasteiger partial charge in [0.05, 0.1) is 19.8 Å². The quantitative estimate of drug-likeness (QED) is 0.818. The zero-order valence-corrected chi connectivity index (χ0v) is 13.1. The van der Waals surface area contributed by atoms with Crippen LogP contribution in [0.15, 0.2) is 30.3 Å². The number of ether oxygens (including phenoxy) is 2. The van der Waals surface area contributed by atoms with Gasteiger partial charge in [0.2, 0.25) is 0 Å². The molecular weight excluding hydrogens is 266 g/mol. The summed E-state index contributed by atoms with van der Waals surface area (Å²) in [5, 5.41) is 0. The Morgan fingerprint density at radius 2 is 2.00 bits per heavy atom. The van der Waals surface area contributed by atoms with Crippen LogP contribution < -0.4 is 5.73 Å². The predicted octanol–water partition coefficient (Wildman–Crippen LogP) is 2.51. The normalized spacial score (nSPS) is 27.0. The molecule has 0 spiro atoms. The van der Waals surface area contributed by atoms with Gasteiger partial charge in [-0.3, -0.25) is 4.79 Å². The van der Waals surface area contributed by atoms with Crippen molar-refractivity contribution in [2.45, 2.75) is 39.3 Å². The predicted molar refractivity (Wildman–Crippen MR) is 81.5 cm³/mol. The number of hydrogen-bond donors (Lipinski definition) is 1. The van der Waals surface area contributed by atoms with E-state index in [0.717, 1.165) is 5.56 Å². The molecule has 0 aliphatic heterocycles. The fraction of sp³-hybridized carbons (Fsp3) is 0.588. The Bertz CT molecular complexity index is 486. The summed E-state index contributed by atoms with van der Waals surface area (Å²) in [6.07, 6.45) is 0.619. The Balaban J connectivity index is 1.85. The van der Waals surface area contributed by atoms with Crippen molar-refractivity contribution >= 4 is 5.97 Å². The molecule has 0 aromatic heterocycles. The summed E-state index contributed by atoms with van der Waals surface area (Å²) in [5.41, 5.74) is 6.21. The number of esters is 1. The van der Waals surface area contributed by atoms with E-state index in [9.17, 15) is 4.79 Å². The van der Waals surface area contributed by atoms with Crippen molar-refractivity contribution in [2.75, 3.05) is 13.2 Å². The van der Waals surface area contributed by atoms with Gasteiger partial charge in [0, 0.05) is 0 Å². The van der Waals surface area contributed by atoms with E-state index in [-0.39, 0.29) is 17.3 Å². The molecule has 2 N–H and O–H groups in total. The summed E-state index contributed by atoms with van der Waals surface area (Å²) >= 11 is 0. The van der Waals surface area contributed by atoms with Crippen LogP contribution in [0.25, 0.3) is 0 Å². The Labute approximate surface area is 126 Å². The molecule has 0 radical (unpaired) electrons. The minimum atomic E-state index is -0.885. The maximum Gasteiger partial charge on any atom is 0.326 e. The molecule has 21 heavy (non-hydrogen) atoms. The molecule has 2 unspecified atom stereocenters. The number of carbonyl (C=O) groups is 1. The van der Waals surface area contributed by atoms with E-state index in [2.05, 4.69) is 0 Å². The fourth-order valence-electron chi connectivity index (χ4n) is 2.91. The molecule has 2 rings (SSSR count). The van der Waals surface area contributed by atoms with Gasteiger partial charge in [0.1, 0.15) is 5.54 Å². The zero-order valence-electron chi connectivity index (χ0n) is 13.1. The number of rotatable bonds is 6. The molecule has 1 aliphatic rings. The number of hydrogen-bond acceptors (Lipinski definition) is 4. The van der Waals surface area contributed by atoms with Crippen molar-refractivity contribution in [1.82, 2.24) is 0 Å². The van der Waals surface area contributed by atoms with Crippen molar-refractivity contribution < 1.29 is 14.3 Å². The summed E-state index contributed by atoms with van der Waals surface area (Å²) in [5.74, 6) is -0.0232. The molecule has 1 aromatic rings. The van der Waals surface area contributed by atoms with Crippen molar-refractivity contribution in [3.05, 3.63) is 35.9 Å². The maximum absolute atomic E-state index is 12.0. The molecule has 1 aliphatic carbocycles. The van der Waals surface area contributed by atoms with Gasteiger partial charge in [-0.2, -0.15) is 0 Å². The summed E-state index contributed by atoms with van der Waals surface area (Å²) in [4.78, 5) is 12.0. The van der Waals surface area contributed by atoms with Crippen LogP contribution in [-0.4, -0.2) is 24.7 Å². The molecule has 116 valence electrons. The lowest BCUT2D eigenvalue weighted by Gasteiger charge is -2.57. The van der Waals surface area contributed by atoms with Crippen LogP contribution in [0.5, 0.6) is 0 Å². The lowest BCUT2D eigenvalue weighted by molar-refractivity contribution is -0.175. The second kappa shape index (κ2) is 6.16. The third-order valence-electron chi connectivity index (χ3n) is 4.81. The Hall–Kier alpha value is -1.39. The number of benzene rings is 1. The smallest absolute Gasteiger partial charge is 0.326 e. The van der Waals surface area contributed by atoms with Gasteiger partial charge in [-0.05, 0) is 30.2 Å². The Kier molecular flexibility index (Phi) is 4.69. The van der Waals surface area contributed by atoms with Crippen molar-refractivity contribution in [2.24, 2.45) is 17.1 Å². The fourth-order valence-corrected chi connectivity index (χ4v) is 2.91. The largest absolute Gasteiger partial charge is 0.465 e. The Morgan fingerprint density at radius 3 is 2.57 bits per heavy atom. The van der Waals surface area contributed by atoms with Crippen molar-refractivity contribution in [3.8, 4) is 0 Å². The van der Waals surface area contributed by atoms with Gasteiger partial charge in [-0.1, -0.05) is 44.2 Å². The lowest BCUT2D eigenvalue weighted by atomic mass is 9.50. The van der Waals surface area contributed by atoms with Crippen LogP contribution in [0.2, 0.25) is 0 Å². The minimum absolute atomic E-state index is 0.274. The number of carbonyl (C=O) groups excluding carboxylic acids is 1. The summed E-state index contributed by atoms with van der Waals surface area (Å²) < 4.78 is 10.9. The van der Waals surface area contributed by atoms with Crippen LogP contribution in [0.4, 0.5) is 0 Å². The Morgan fingerprint density at radius 1 is 1.33 bits per heavy atom. The summed E-state index contributed by atoms with van der Waals surface area (Å²) in [6.45, 7) is 7.40. The summed E-state index contributed by atoms with van der Waals surface area (Å²) in [7, 11) is 0. The van der Waals surface area contributed by atoms with Crippen LogP contribution in [0.1, 0.15) is 32.8 Å². The molecular formula is C17H25NO3. The van der Waals surface area contributed by atoms with E-state index in [1.165, 1.54) is 0 Å². The van der Waals surface area contributed by atoms with E-state index < -0.39 is 5.54 Å². The first-order valence-corrected chi connectivity index (χ1v) is 7.49. The summed E-state index contributed by atoms with van der Waals surface area (Å²) in [6, 6.07) is 10.1. The van der Waals surface area contributed by atoms with Gasteiger partial charge in [-0.25, -0.2) is 0 Å². The standard InChI is InChI=1S/C17H25NO3/c1-4-21-15(19)17(18)10-14(16(17,2)3)12-20-11-13-8-6-5-7-9-13/h5-9,14H,4,10-12,18H2,1-3H3. The highest BCUT2D eigenvalue weighted by Crippen LogP contribution is 2.53. The average molecular weight is 291 g/mol. The molecule has 4 nitrogen and oxygen atoms in total. The van der Waals surface area contributed by atoms with Crippen LogP contribution in [0.3, 0.4) is 0 Å². The lowest BCUT2D eigenvalue weighted by Crippen LogP contribution is -2.71. The van der Waals surface area contributed by atoms with E-state index in [0.29, 0.717) is 26.2 Å². The highest BCUT2D eigenvalue weighted by atomic mass is 16.5. The highest BCUT2D eigenvalue weighted by molar-refractivity contribution is 5.83. The minimum Gasteiger partial charge on any atom is -0.465 e. The zero-order chi connectivity index (χ0) is 15.5. The monoisotopic (exact) mass is 291 g/mol. The molecule has 4 heteroatoms. The van der Waals surface area contributed by atoms with Gasteiger partial charge in [0.15, 0.2) is 0 Å². The van der Waals surface area contributed by atoms with E-state index >= 15 is 0 Å². The van der Waals surface area contributed by atoms with Gasteiger partial charge in [0.25, 0.3) is 0 Å². The number of nitrogens with two attached hydrogens (primary N) is 1. The molecule has 2 atom stereocenters. The SMILES string of the molecule is CCOC(=O)C1(N)CC(COCc2ccccc2)C1(C)C. The van der Waals surface area contributed by atoms with Gasteiger partial charge >= 0.3 is 5.97 Å². The average Bonchev–Trinajstić information content (AvgIpc) is 2.47. The first-order valence-electron chi connectivity index (χ1n) is 7.49. The first kappa shape index (κ1) is 16.0. The molecule has 1 saturated carbocycles. The molecule has 0 heterocycles. The van der Waals surface area contributed by atoms with Crippen molar-refractivity contribution in [1.29, 1.82) is 0 Å². The first-order chi connectivity index (χ1) is 9.91. The van der Waals surface area contributed by atoms with E-state index in [4.69, 9.17) is 15.2 Å². The van der Waals surface area contributed by atoms with Crippen molar-refractivity contribution in [3.63, 3.8) is 0 Å². The topological polar surface area (TPSA) is 61.5 Å².